The van der Waals surface area contributed by atoms with Crippen molar-refractivity contribution in [3.05, 3.63) is 62.7 Å². The van der Waals surface area contributed by atoms with E-state index >= 15 is 0 Å². The predicted octanol–water partition coefficient (Wildman–Crippen LogP) is 5.08. The maximum atomic E-state index is 12.3. The Hall–Kier alpha value is -2.48. The number of carbonyl (C=O) groups is 1. The molecule has 28 heavy (non-hydrogen) atoms. The fourth-order valence-electron chi connectivity index (χ4n) is 2.80. The van der Waals surface area contributed by atoms with E-state index in [1.807, 2.05) is 50.2 Å². The largest absolute Gasteiger partial charge is 0.494 e. The van der Waals surface area contributed by atoms with Crippen molar-refractivity contribution in [2.24, 2.45) is 0 Å². The maximum Gasteiger partial charge on any atom is 0.343 e. The van der Waals surface area contributed by atoms with Gasteiger partial charge in [0.15, 0.2) is 11.5 Å². The second-order valence-electron chi connectivity index (χ2n) is 5.92. The molecule has 1 heterocycles. The third-order valence-corrected chi connectivity index (χ3v) is 4.84. The fraction of sp³-hybridized carbons (Fsp3) is 0.227. The summed E-state index contributed by atoms with van der Waals surface area (Å²) in [5, 5.41) is 0. The van der Waals surface area contributed by atoms with Gasteiger partial charge < -0.3 is 18.9 Å². The highest BCUT2D eigenvalue weighted by Gasteiger charge is 2.22. The zero-order valence-corrected chi connectivity index (χ0v) is 18.1. The second kappa shape index (κ2) is 9.14. The zero-order valence-electron chi connectivity index (χ0n) is 16.0. The van der Waals surface area contributed by atoms with E-state index in [2.05, 4.69) is 22.6 Å². The summed E-state index contributed by atoms with van der Waals surface area (Å²) in [7, 11) is 1.60. The Morgan fingerprint density at radius 3 is 2.43 bits per heavy atom. The van der Waals surface area contributed by atoms with Crippen LogP contribution in [-0.2, 0) is 9.53 Å². The van der Waals surface area contributed by atoms with Gasteiger partial charge in [-0.25, -0.2) is 4.79 Å². The van der Waals surface area contributed by atoms with E-state index in [1.54, 1.807) is 19.3 Å². The van der Waals surface area contributed by atoms with Gasteiger partial charge in [-0.2, -0.15) is 0 Å². The lowest BCUT2D eigenvalue weighted by Gasteiger charge is -2.12. The van der Waals surface area contributed by atoms with Crippen molar-refractivity contribution in [3.8, 4) is 17.2 Å². The first-order valence-electron chi connectivity index (χ1n) is 8.94. The maximum absolute atomic E-state index is 12.3. The van der Waals surface area contributed by atoms with Gasteiger partial charge in [0.25, 0.3) is 0 Å². The van der Waals surface area contributed by atoms with Gasteiger partial charge in [0, 0.05) is 5.56 Å². The number of carbonyl (C=O) groups excluding carboxylic acids is 1. The van der Waals surface area contributed by atoms with Crippen LogP contribution in [0.4, 0.5) is 0 Å². The van der Waals surface area contributed by atoms with Gasteiger partial charge in [0.1, 0.15) is 11.5 Å². The van der Waals surface area contributed by atoms with Crippen molar-refractivity contribution in [3.63, 3.8) is 0 Å². The summed E-state index contributed by atoms with van der Waals surface area (Å²) < 4.78 is 22.9. The molecule has 0 N–H and O–H groups in total. The Labute approximate surface area is 178 Å². The first kappa shape index (κ1) is 20.3. The van der Waals surface area contributed by atoms with Crippen LogP contribution in [0.3, 0.4) is 0 Å². The van der Waals surface area contributed by atoms with Gasteiger partial charge in [-0.3, -0.25) is 0 Å². The quantitative estimate of drug-likeness (QED) is 0.307. The van der Waals surface area contributed by atoms with Crippen LogP contribution in [0.2, 0.25) is 0 Å². The molecule has 1 aliphatic heterocycles. The number of rotatable bonds is 7. The van der Waals surface area contributed by atoms with Crippen LogP contribution >= 0.6 is 22.6 Å². The van der Waals surface area contributed by atoms with Crippen LogP contribution in [0.1, 0.15) is 25.0 Å². The topological polar surface area (TPSA) is 54.0 Å². The van der Waals surface area contributed by atoms with Crippen molar-refractivity contribution in [1.82, 2.24) is 0 Å². The summed E-state index contributed by atoms with van der Waals surface area (Å²) in [6, 6.07) is 11.2. The first-order chi connectivity index (χ1) is 13.5. The minimum atomic E-state index is -0.383. The van der Waals surface area contributed by atoms with Crippen LogP contribution in [0.25, 0.3) is 11.8 Å². The summed E-state index contributed by atoms with van der Waals surface area (Å²) in [5.41, 5.74) is 2.13. The van der Waals surface area contributed by atoms with E-state index in [9.17, 15) is 4.79 Å². The third-order valence-electron chi connectivity index (χ3n) is 4.04. The van der Waals surface area contributed by atoms with Crippen molar-refractivity contribution >= 4 is 40.4 Å². The standard InChI is InChI=1S/C22H21IO5/c1-4-26-17-8-6-15(7-9-17)19-13-16(22(24)28-19)10-14-11-18(23)21(27-5-2)20(12-14)25-3/h6-13H,4-5H2,1-3H3. The molecule has 0 aliphatic carbocycles. The van der Waals surface area contributed by atoms with Gasteiger partial charge in [0.2, 0.25) is 0 Å². The summed E-state index contributed by atoms with van der Waals surface area (Å²) >= 11 is 2.20. The van der Waals surface area contributed by atoms with Gasteiger partial charge in [0.05, 0.1) is 29.5 Å². The normalized spacial score (nSPS) is 14.6. The summed E-state index contributed by atoms with van der Waals surface area (Å²) in [5.74, 6) is 2.25. The molecule has 0 saturated heterocycles. The smallest absolute Gasteiger partial charge is 0.343 e. The molecule has 5 nitrogen and oxygen atoms in total. The minimum absolute atomic E-state index is 0.383. The van der Waals surface area contributed by atoms with Crippen LogP contribution in [-0.4, -0.2) is 26.3 Å². The Balaban J connectivity index is 1.89. The van der Waals surface area contributed by atoms with E-state index < -0.39 is 0 Å². The third kappa shape index (κ3) is 4.49. The summed E-state index contributed by atoms with van der Waals surface area (Å²) in [6.45, 7) is 5.01. The van der Waals surface area contributed by atoms with Gasteiger partial charge in [-0.15, -0.1) is 0 Å². The molecule has 2 aromatic carbocycles. The predicted molar refractivity (Wildman–Crippen MR) is 117 cm³/mol. The van der Waals surface area contributed by atoms with E-state index in [0.717, 1.165) is 20.4 Å². The van der Waals surface area contributed by atoms with E-state index in [1.165, 1.54) is 0 Å². The van der Waals surface area contributed by atoms with Crippen molar-refractivity contribution < 1.29 is 23.7 Å². The van der Waals surface area contributed by atoms with Gasteiger partial charge in [-0.05, 0) is 90.6 Å². The molecule has 0 saturated carbocycles. The number of esters is 1. The Morgan fingerprint density at radius 1 is 1.07 bits per heavy atom. The van der Waals surface area contributed by atoms with E-state index in [-0.39, 0.29) is 5.97 Å². The molecule has 0 amide bonds. The molecule has 0 atom stereocenters. The molecule has 3 rings (SSSR count). The highest BCUT2D eigenvalue weighted by atomic mass is 127. The molecular formula is C22H21IO5. The molecule has 0 radical (unpaired) electrons. The molecule has 0 spiro atoms. The number of halogens is 1. The molecule has 146 valence electrons. The summed E-state index contributed by atoms with van der Waals surface area (Å²) in [6.07, 6.45) is 3.53. The highest BCUT2D eigenvalue weighted by Crippen LogP contribution is 2.35. The van der Waals surface area contributed by atoms with Crippen molar-refractivity contribution in [1.29, 1.82) is 0 Å². The molecular weight excluding hydrogens is 471 g/mol. The molecule has 6 heteroatoms. The number of cyclic esters (lactones) is 1. The second-order valence-corrected chi connectivity index (χ2v) is 7.08. The lowest BCUT2D eigenvalue weighted by molar-refractivity contribution is -0.130. The minimum Gasteiger partial charge on any atom is -0.494 e. The highest BCUT2D eigenvalue weighted by molar-refractivity contribution is 14.1. The SMILES string of the molecule is CCOc1ccc(C2=CC(=Cc3cc(I)c(OCC)c(OC)c3)C(=O)O2)cc1. The number of benzene rings is 2. The molecule has 0 bridgehead atoms. The monoisotopic (exact) mass is 492 g/mol. The van der Waals surface area contributed by atoms with E-state index in [4.69, 9.17) is 18.9 Å². The summed E-state index contributed by atoms with van der Waals surface area (Å²) in [4.78, 5) is 12.3. The molecule has 0 fully saturated rings. The number of hydrogen-bond donors (Lipinski definition) is 0. The van der Waals surface area contributed by atoms with Crippen molar-refractivity contribution in [2.75, 3.05) is 20.3 Å². The molecule has 0 aromatic heterocycles. The molecule has 2 aromatic rings. The average Bonchev–Trinajstić information content (AvgIpc) is 3.05. The lowest BCUT2D eigenvalue weighted by atomic mass is 10.1. The first-order valence-corrected chi connectivity index (χ1v) is 10.0. The van der Waals surface area contributed by atoms with Crippen LogP contribution in [0, 0.1) is 3.57 Å². The van der Waals surface area contributed by atoms with E-state index in [0.29, 0.717) is 36.0 Å². The van der Waals surface area contributed by atoms with Gasteiger partial charge in [-0.1, -0.05) is 0 Å². The Kier molecular flexibility index (Phi) is 6.61. The lowest BCUT2D eigenvalue weighted by Crippen LogP contribution is -1.99. The average molecular weight is 492 g/mol. The number of methoxy groups -OCH3 is 1. The Morgan fingerprint density at radius 2 is 1.79 bits per heavy atom. The van der Waals surface area contributed by atoms with Crippen LogP contribution < -0.4 is 14.2 Å². The fourth-order valence-corrected chi connectivity index (χ4v) is 3.58. The van der Waals surface area contributed by atoms with Gasteiger partial charge >= 0.3 is 5.97 Å². The Bertz CT molecular complexity index is 929. The van der Waals surface area contributed by atoms with Crippen LogP contribution in [0.15, 0.2) is 48.0 Å². The van der Waals surface area contributed by atoms with Crippen molar-refractivity contribution in [2.45, 2.75) is 13.8 Å². The zero-order chi connectivity index (χ0) is 20.1. The number of hydrogen-bond acceptors (Lipinski definition) is 5. The number of ether oxygens (including phenoxy) is 4. The van der Waals surface area contributed by atoms with Crippen LogP contribution in [0.5, 0.6) is 17.2 Å². The molecule has 0 unspecified atom stereocenters. The molecule has 1 aliphatic rings.